The van der Waals surface area contributed by atoms with Crippen LogP contribution in [0.5, 0.6) is 11.5 Å². The van der Waals surface area contributed by atoms with Gasteiger partial charge in [-0.25, -0.2) is 0 Å². The molecule has 14 heteroatoms. The molecule has 0 spiro atoms. The van der Waals surface area contributed by atoms with E-state index in [-0.39, 0.29) is 44.2 Å². The van der Waals surface area contributed by atoms with Crippen LogP contribution >= 0.6 is 0 Å². The van der Waals surface area contributed by atoms with E-state index in [1.807, 2.05) is 121 Å². The first-order valence-corrected chi connectivity index (χ1v) is 23.0. The summed E-state index contributed by atoms with van der Waals surface area (Å²) in [5.74, 6) is -0.299. The quantitative estimate of drug-likeness (QED) is 0.0762. The van der Waals surface area contributed by atoms with Crippen molar-refractivity contribution >= 4 is 11.8 Å². The van der Waals surface area contributed by atoms with E-state index in [9.17, 15) is 19.8 Å². The van der Waals surface area contributed by atoms with Crippen LogP contribution in [0.25, 0.3) is 0 Å². The number of rotatable bonds is 20. The molecule has 3 heterocycles. The third-order valence-corrected chi connectivity index (χ3v) is 12.4. The molecule has 358 valence electrons. The summed E-state index contributed by atoms with van der Waals surface area (Å²) in [4.78, 5) is 30.1. The van der Waals surface area contributed by atoms with Gasteiger partial charge in [0.15, 0.2) is 6.29 Å². The van der Waals surface area contributed by atoms with Crippen molar-refractivity contribution in [2.24, 2.45) is 0 Å². The van der Waals surface area contributed by atoms with Crippen LogP contribution in [-0.4, -0.2) is 109 Å². The molecule has 14 nitrogen and oxygen atoms in total. The number of benzene rings is 6. The Morgan fingerprint density at radius 2 is 0.957 bits per heavy atom. The van der Waals surface area contributed by atoms with Crippen LogP contribution in [0.3, 0.4) is 0 Å². The number of aliphatic hydroxyl groups is 2. The predicted octanol–water partition coefficient (Wildman–Crippen LogP) is 6.90. The molecule has 3 aliphatic rings. The van der Waals surface area contributed by atoms with Gasteiger partial charge in [0, 0.05) is 0 Å². The summed E-state index contributed by atoms with van der Waals surface area (Å²) in [5.41, 5.74) is 3.85. The van der Waals surface area contributed by atoms with E-state index in [0.717, 1.165) is 27.2 Å². The van der Waals surface area contributed by atoms with Gasteiger partial charge < -0.3 is 52.8 Å². The molecule has 6 aromatic rings. The molecule has 2 amide bonds. The zero-order valence-corrected chi connectivity index (χ0v) is 38.0. The van der Waals surface area contributed by atoms with E-state index in [2.05, 4.69) is 0 Å². The first-order chi connectivity index (χ1) is 33.9. The largest absolute Gasteiger partial charge is 0.497 e. The summed E-state index contributed by atoms with van der Waals surface area (Å²) in [6, 6.07) is 50.2. The van der Waals surface area contributed by atoms with Gasteiger partial charge in [0.05, 0.1) is 57.9 Å². The van der Waals surface area contributed by atoms with Crippen molar-refractivity contribution in [3.63, 3.8) is 0 Å². The maximum Gasteiger partial charge on any atom is 0.262 e. The van der Waals surface area contributed by atoms with Crippen LogP contribution in [0.1, 0.15) is 43.0 Å². The highest BCUT2D eigenvalue weighted by atomic mass is 16.7. The molecule has 9 rings (SSSR count). The van der Waals surface area contributed by atoms with Crippen LogP contribution in [0, 0.1) is 0 Å². The summed E-state index contributed by atoms with van der Waals surface area (Å²) in [7, 11) is 1.54. The smallest absolute Gasteiger partial charge is 0.262 e. The van der Waals surface area contributed by atoms with Crippen LogP contribution in [0.4, 0.5) is 0 Å². The molecule has 0 saturated carbocycles. The van der Waals surface area contributed by atoms with Crippen molar-refractivity contribution in [2.75, 3.05) is 20.3 Å². The average molecular weight is 938 g/mol. The number of hydrogen-bond acceptors (Lipinski definition) is 13. The zero-order chi connectivity index (χ0) is 47.5. The molecule has 2 N–H and O–H groups in total. The highest BCUT2D eigenvalue weighted by Crippen LogP contribution is 2.39. The molecular formula is C55H55NO13. The second-order valence-corrected chi connectivity index (χ2v) is 17.0. The third kappa shape index (κ3) is 11.3. The number of amides is 2. The monoisotopic (exact) mass is 937 g/mol. The van der Waals surface area contributed by atoms with E-state index >= 15 is 0 Å². The molecule has 10 atom stereocenters. The lowest BCUT2D eigenvalue weighted by Crippen LogP contribution is -2.69. The summed E-state index contributed by atoms with van der Waals surface area (Å²) in [6.07, 6.45) is -11.0. The fraction of sp³-hybridized carbons (Fsp3) is 0.309. The lowest BCUT2D eigenvalue weighted by atomic mass is 9.93. The number of hydrogen-bond donors (Lipinski definition) is 2. The Balaban J connectivity index is 1.09. The van der Waals surface area contributed by atoms with Gasteiger partial charge in [-0.3, -0.25) is 14.5 Å². The number of fused-ring (bicyclic) bond motifs is 1. The summed E-state index contributed by atoms with van der Waals surface area (Å²) >= 11 is 0. The van der Waals surface area contributed by atoms with Crippen LogP contribution in [-0.2, 0) is 59.6 Å². The lowest BCUT2D eigenvalue weighted by molar-refractivity contribution is -0.357. The van der Waals surface area contributed by atoms with Gasteiger partial charge >= 0.3 is 0 Å². The van der Waals surface area contributed by atoms with Crippen molar-refractivity contribution in [1.82, 2.24) is 4.90 Å². The Hall–Kier alpha value is -6.30. The van der Waals surface area contributed by atoms with Crippen molar-refractivity contribution in [3.05, 3.63) is 203 Å². The predicted molar refractivity (Wildman–Crippen MR) is 251 cm³/mol. The molecule has 6 aromatic carbocycles. The maximum atomic E-state index is 14.5. The first kappa shape index (κ1) is 47.8. The third-order valence-electron chi connectivity index (χ3n) is 12.4. The van der Waals surface area contributed by atoms with Gasteiger partial charge in [-0.15, -0.1) is 0 Å². The number of methoxy groups -OCH3 is 1. The Morgan fingerprint density at radius 3 is 1.46 bits per heavy atom. The van der Waals surface area contributed by atoms with Crippen LogP contribution < -0.4 is 9.47 Å². The number of aliphatic hydroxyl groups excluding tert-OH is 2. The first-order valence-electron chi connectivity index (χ1n) is 23.0. The van der Waals surface area contributed by atoms with Gasteiger partial charge in [-0.1, -0.05) is 133 Å². The van der Waals surface area contributed by atoms with E-state index < -0.39 is 79.8 Å². The summed E-state index contributed by atoms with van der Waals surface area (Å²) in [6.45, 7) is -0.106. The van der Waals surface area contributed by atoms with Crippen LogP contribution in [0.2, 0.25) is 0 Å². The standard InChI is InChI=1S/C55H55NO13/c1-61-40-26-28-41(29-27-40)66-54-46(56-52(59)42-24-14-15-25-43(42)53(56)60)50(64-33-38-20-10-4-11-21-38)49(44(30-57)67-54)69-55-47(58)51(65-34-39-22-12-5-13-23-39)48(63-32-37-18-8-3-9-19-37)45(68-55)35-62-31-36-16-6-2-7-17-36/h2-29,44-51,54-55,57-58H,30-35H2,1H3/t44-,45-,46-,47+,48-,49-,50-,51-,54-,55-/m1/s1. The normalized spacial score (nSPS) is 25.6. The number of imide groups is 1. The lowest BCUT2D eigenvalue weighted by Gasteiger charge is -2.50. The van der Waals surface area contributed by atoms with Crippen molar-refractivity contribution < 1.29 is 62.4 Å². The van der Waals surface area contributed by atoms with E-state index in [1.54, 1.807) is 55.6 Å². The Morgan fingerprint density at radius 1 is 0.507 bits per heavy atom. The molecule has 2 saturated heterocycles. The van der Waals surface area contributed by atoms with E-state index in [0.29, 0.717) is 11.5 Å². The number of carbonyl (C=O) groups excluding carboxylic acids is 2. The van der Waals surface area contributed by atoms with Crippen molar-refractivity contribution in [2.45, 2.75) is 87.8 Å². The summed E-state index contributed by atoms with van der Waals surface area (Å²) < 4.78 is 58.5. The van der Waals surface area contributed by atoms with Gasteiger partial charge in [-0.2, -0.15) is 0 Å². The second-order valence-electron chi connectivity index (χ2n) is 17.0. The number of ether oxygens (including phenoxy) is 9. The zero-order valence-electron chi connectivity index (χ0n) is 38.0. The van der Waals surface area contributed by atoms with Crippen molar-refractivity contribution in [1.29, 1.82) is 0 Å². The van der Waals surface area contributed by atoms with Gasteiger partial charge in [-0.05, 0) is 58.7 Å². The van der Waals surface area contributed by atoms with Crippen molar-refractivity contribution in [3.8, 4) is 11.5 Å². The molecular weight excluding hydrogens is 883 g/mol. The fourth-order valence-electron chi connectivity index (χ4n) is 8.88. The SMILES string of the molecule is COc1ccc(O[C@@H]2O[C@H](CO)[C@@H](O[C@H]3O[C@H](COCc4ccccc4)[C@@H](OCc4ccccc4)[C@H](OCc4ccccc4)[C@@H]3O)[C@H](OCc3ccccc3)[C@H]2N2C(=O)c3ccccc3C2=O)cc1. The average Bonchev–Trinajstić information content (AvgIpc) is 3.65. The van der Waals surface area contributed by atoms with E-state index in [1.165, 1.54) is 0 Å². The van der Waals surface area contributed by atoms with E-state index in [4.69, 9.17) is 42.6 Å². The number of nitrogens with zero attached hydrogens (tertiary/aromatic N) is 1. The number of carbonyl (C=O) groups is 2. The molecule has 3 aliphatic heterocycles. The molecule has 0 aromatic heterocycles. The second kappa shape index (κ2) is 22.9. The Kier molecular flexibility index (Phi) is 15.8. The highest BCUT2D eigenvalue weighted by Gasteiger charge is 2.58. The minimum atomic E-state index is -1.51. The Labute approximate surface area is 400 Å². The minimum absolute atomic E-state index is 0.0000981. The maximum absolute atomic E-state index is 14.5. The van der Waals surface area contributed by atoms with Gasteiger partial charge in [0.25, 0.3) is 11.8 Å². The molecule has 0 aliphatic carbocycles. The van der Waals surface area contributed by atoms with Gasteiger partial charge in [0.1, 0.15) is 60.3 Å². The molecule has 69 heavy (non-hydrogen) atoms. The molecule has 2 fully saturated rings. The molecule has 0 bridgehead atoms. The Bertz CT molecular complexity index is 2520. The molecule has 0 unspecified atom stereocenters. The van der Waals surface area contributed by atoms with Crippen LogP contribution in [0.15, 0.2) is 170 Å². The minimum Gasteiger partial charge on any atom is -0.497 e. The fourth-order valence-corrected chi connectivity index (χ4v) is 8.88. The van der Waals surface area contributed by atoms with Gasteiger partial charge in [0.2, 0.25) is 6.29 Å². The molecule has 0 radical (unpaired) electrons. The topological polar surface area (TPSA) is 161 Å². The highest BCUT2D eigenvalue weighted by molar-refractivity contribution is 6.21. The summed E-state index contributed by atoms with van der Waals surface area (Å²) in [5, 5.41) is 23.8.